The summed E-state index contributed by atoms with van der Waals surface area (Å²) in [7, 11) is 1.93. The van der Waals surface area contributed by atoms with Crippen molar-refractivity contribution in [1.29, 1.82) is 0 Å². The van der Waals surface area contributed by atoms with Crippen LogP contribution in [0.4, 0.5) is 0 Å². The molecule has 0 saturated carbocycles. The summed E-state index contributed by atoms with van der Waals surface area (Å²) in [6.45, 7) is 2.83. The van der Waals surface area contributed by atoms with Gasteiger partial charge in [-0.2, -0.15) is 5.10 Å². The molecular formula is C14H22ClN5O. The van der Waals surface area contributed by atoms with Gasteiger partial charge in [0.2, 0.25) is 5.91 Å². The number of imidazole rings is 1. The second-order valence-corrected chi connectivity index (χ2v) is 5.56. The lowest BCUT2D eigenvalue weighted by molar-refractivity contribution is -0.118. The standard InChI is InChI=1S/C14H22ClN5O/c1-3-5-10-13-14(19(2)18-10)20(9-4-6-11(16)21)12(17-13)7-8-15/h3-9H2,1-2H3,(H2,16,21). The molecule has 0 saturated heterocycles. The highest BCUT2D eigenvalue weighted by Gasteiger charge is 2.18. The van der Waals surface area contributed by atoms with E-state index in [1.54, 1.807) is 0 Å². The Bertz CT molecular complexity index is 631. The number of nitrogens with two attached hydrogens (primary N) is 1. The predicted molar refractivity (Wildman–Crippen MR) is 83.3 cm³/mol. The average Bonchev–Trinajstić information content (AvgIpc) is 2.91. The number of nitrogens with zero attached hydrogens (tertiary/aromatic N) is 4. The van der Waals surface area contributed by atoms with Crippen LogP contribution in [-0.2, 0) is 31.2 Å². The zero-order valence-corrected chi connectivity index (χ0v) is 13.4. The number of aryl methyl sites for hydroxylation is 4. The minimum Gasteiger partial charge on any atom is -0.370 e. The molecule has 2 aromatic rings. The maximum Gasteiger partial charge on any atom is 0.217 e. The largest absolute Gasteiger partial charge is 0.370 e. The molecule has 0 radical (unpaired) electrons. The second-order valence-electron chi connectivity index (χ2n) is 5.18. The predicted octanol–water partition coefficient (Wildman–Crippen LogP) is 1.77. The van der Waals surface area contributed by atoms with Gasteiger partial charge < -0.3 is 10.3 Å². The summed E-state index contributed by atoms with van der Waals surface area (Å²) < 4.78 is 3.99. The number of aromatic nitrogens is 4. The molecule has 0 unspecified atom stereocenters. The Labute approximate surface area is 129 Å². The molecule has 0 fully saturated rings. The van der Waals surface area contributed by atoms with Crippen LogP contribution < -0.4 is 5.73 Å². The number of hydrogen-bond donors (Lipinski definition) is 1. The third kappa shape index (κ3) is 3.37. The lowest BCUT2D eigenvalue weighted by Crippen LogP contribution is -2.13. The van der Waals surface area contributed by atoms with Crippen LogP contribution in [0.5, 0.6) is 0 Å². The number of carbonyl (C=O) groups excluding carboxylic acids is 1. The van der Waals surface area contributed by atoms with Gasteiger partial charge in [0, 0.05) is 32.3 Å². The van der Waals surface area contributed by atoms with Crippen LogP contribution in [0.2, 0.25) is 0 Å². The summed E-state index contributed by atoms with van der Waals surface area (Å²) in [6.07, 6.45) is 3.73. The van der Waals surface area contributed by atoms with Gasteiger partial charge >= 0.3 is 0 Å². The highest BCUT2D eigenvalue weighted by Crippen LogP contribution is 2.22. The van der Waals surface area contributed by atoms with E-state index in [-0.39, 0.29) is 5.91 Å². The first-order valence-corrected chi connectivity index (χ1v) is 7.87. The Morgan fingerprint density at radius 3 is 2.76 bits per heavy atom. The Balaban J connectivity index is 2.38. The molecule has 2 rings (SSSR count). The van der Waals surface area contributed by atoms with Crippen molar-refractivity contribution in [3.8, 4) is 0 Å². The summed E-state index contributed by atoms with van der Waals surface area (Å²) in [5.41, 5.74) is 8.20. The van der Waals surface area contributed by atoms with E-state index >= 15 is 0 Å². The molecule has 7 heteroatoms. The van der Waals surface area contributed by atoms with E-state index in [9.17, 15) is 4.79 Å². The van der Waals surface area contributed by atoms with Gasteiger partial charge in [-0.1, -0.05) is 13.3 Å². The molecule has 0 aliphatic heterocycles. The van der Waals surface area contributed by atoms with Gasteiger partial charge in [-0.3, -0.25) is 9.48 Å². The summed E-state index contributed by atoms with van der Waals surface area (Å²) in [6, 6.07) is 0. The number of fused-ring (bicyclic) bond motifs is 1. The van der Waals surface area contributed by atoms with Crippen LogP contribution in [0.15, 0.2) is 0 Å². The molecule has 6 nitrogen and oxygen atoms in total. The SMILES string of the molecule is CCCc1nn(C)c2c1nc(CCCl)n2CCCC(N)=O. The smallest absolute Gasteiger partial charge is 0.217 e. The first kappa shape index (κ1) is 15.8. The molecule has 0 aliphatic carbocycles. The summed E-state index contributed by atoms with van der Waals surface area (Å²) in [5, 5.41) is 4.55. The molecule has 0 spiro atoms. The fraction of sp³-hybridized carbons (Fsp3) is 0.643. The number of alkyl halides is 1. The minimum absolute atomic E-state index is 0.276. The monoisotopic (exact) mass is 311 g/mol. The number of hydrogen-bond acceptors (Lipinski definition) is 3. The van der Waals surface area contributed by atoms with Crippen LogP contribution >= 0.6 is 11.6 Å². The quantitative estimate of drug-likeness (QED) is 0.755. The van der Waals surface area contributed by atoms with Gasteiger partial charge in [0.05, 0.1) is 5.69 Å². The molecule has 0 aromatic carbocycles. The lowest BCUT2D eigenvalue weighted by atomic mass is 10.2. The van der Waals surface area contributed by atoms with Crippen molar-refractivity contribution in [1.82, 2.24) is 19.3 Å². The minimum atomic E-state index is -0.276. The van der Waals surface area contributed by atoms with Crippen molar-refractivity contribution in [2.75, 3.05) is 5.88 Å². The van der Waals surface area contributed by atoms with Gasteiger partial charge in [-0.15, -0.1) is 11.6 Å². The maximum absolute atomic E-state index is 10.9. The fourth-order valence-electron chi connectivity index (χ4n) is 2.61. The Morgan fingerprint density at radius 1 is 1.38 bits per heavy atom. The molecule has 21 heavy (non-hydrogen) atoms. The van der Waals surface area contributed by atoms with E-state index in [2.05, 4.69) is 16.6 Å². The first-order valence-electron chi connectivity index (χ1n) is 7.33. The third-order valence-electron chi connectivity index (χ3n) is 3.48. The van der Waals surface area contributed by atoms with Crippen molar-refractivity contribution in [2.24, 2.45) is 12.8 Å². The summed E-state index contributed by atoms with van der Waals surface area (Å²) in [4.78, 5) is 15.6. The molecule has 0 aliphatic rings. The van der Waals surface area contributed by atoms with Crippen LogP contribution in [-0.4, -0.2) is 31.1 Å². The van der Waals surface area contributed by atoms with Gasteiger partial charge in [-0.05, 0) is 12.8 Å². The highest BCUT2D eigenvalue weighted by atomic mass is 35.5. The second kappa shape index (κ2) is 6.93. The van der Waals surface area contributed by atoms with Crippen LogP contribution in [0, 0.1) is 0 Å². The van der Waals surface area contributed by atoms with Gasteiger partial charge in [-0.25, -0.2) is 4.98 Å². The van der Waals surface area contributed by atoms with Crippen LogP contribution in [0.25, 0.3) is 11.2 Å². The molecule has 0 bridgehead atoms. The molecular weight excluding hydrogens is 290 g/mol. The Hall–Kier alpha value is -1.56. The molecule has 1 amide bonds. The summed E-state index contributed by atoms with van der Waals surface area (Å²) in [5.74, 6) is 1.20. The number of halogens is 1. The van der Waals surface area contributed by atoms with E-state index in [1.165, 1.54) is 0 Å². The first-order chi connectivity index (χ1) is 10.1. The van der Waals surface area contributed by atoms with Crippen molar-refractivity contribution >= 4 is 28.7 Å². The van der Waals surface area contributed by atoms with Crippen LogP contribution in [0.3, 0.4) is 0 Å². The van der Waals surface area contributed by atoms with Gasteiger partial charge in [0.1, 0.15) is 11.3 Å². The molecule has 2 N–H and O–H groups in total. The number of carbonyl (C=O) groups is 1. The molecule has 0 atom stereocenters. The number of amides is 1. The number of rotatable bonds is 8. The zero-order chi connectivity index (χ0) is 15.4. The summed E-state index contributed by atoms with van der Waals surface area (Å²) >= 11 is 5.88. The van der Waals surface area contributed by atoms with E-state index < -0.39 is 0 Å². The van der Waals surface area contributed by atoms with E-state index in [0.717, 1.165) is 35.5 Å². The van der Waals surface area contributed by atoms with Gasteiger partial charge in [0.15, 0.2) is 5.65 Å². The highest BCUT2D eigenvalue weighted by molar-refractivity contribution is 6.17. The normalized spacial score (nSPS) is 11.4. The lowest BCUT2D eigenvalue weighted by Gasteiger charge is -2.08. The van der Waals surface area contributed by atoms with Crippen molar-refractivity contribution in [3.05, 3.63) is 11.5 Å². The third-order valence-corrected chi connectivity index (χ3v) is 3.67. The average molecular weight is 312 g/mol. The van der Waals surface area contributed by atoms with E-state index in [4.69, 9.17) is 22.3 Å². The molecule has 116 valence electrons. The van der Waals surface area contributed by atoms with Crippen LogP contribution in [0.1, 0.15) is 37.7 Å². The topological polar surface area (TPSA) is 78.7 Å². The maximum atomic E-state index is 10.9. The van der Waals surface area contributed by atoms with Crippen molar-refractivity contribution in [2.45, 2.75) is 45.6 Å². The van der Waals surface area contributed by atoms with Crippen molar-refractivity contribution < 1.29 is 4.79 Å². The zero-order valence-electron chi connectivity index (χ0n) is 12.6. The van der Waals surface area contributed by atoms with Gasteiger partial charge in [0.25, 0.3) is 0 Å². The van der Waals surface area contributed by atoms with Crippen molar-refractivity contribution in [3.63, 3.8) is 0 Å². The molecule has 2 aromatic heterocycles. The molecule has 2 heterocycles. The Morgan fingerprint density at radius 2 is 2.14 bits per heavy atom. The number of primary amides is 1. The Kier molecular flexibility index (Phi) is 5.22. The van der Waals surface area contributed by atoms with E-state index in [0.29, 0.717) is 31.7 Å². The van der Waals surface area contributed by atoms with E-state index in [1.807, 2.05) is 11.7 Å². The fourth-order valence-corrected chi connectivity index (χ4v) is 2.78.